The Kier molecular flexibility index (Phi) is 6.17. The summed E-state index contributed by atoms with van der Waals surface area (Å²) in [7, 11) is 1.70. The molecule has 5 N–H and O–H groups in total. The van der Waals surface area contributed by atoms with Gasteiger partial charge in [-0.2, -0.15) is 0 Å². The van der Waals surface area contributed by atoms with E-state index in [-0.39, 0.29) is 5.56 Å². The van der Waals surface area contributed by atoms with Crippen LogP contribution in [0.4, 0.5) is 0 Å². The highest BCUT2D eigenvalue weighted by atomic mass is 16.6. The maximum absolute atomic E-state index is 12.5. The van der Waals surface area contributed by atoms with Gasteiger partial charge >= 0.3 is 0 Å². The van der Waals surface area contributed by atoms with E-state index in [9.17, 15) is 30.3 Å². The second-order valence-corrected chi connectivity index (χ2v) is 8.34. The van der Waals surface area contributed by atoms with Crippen molar-refractivity contribution in [3.63, 3.8) is 0 Å². The van der Waals surface area contributed by atoms with Gasteiger partial charge < -0.3 is 34.8 Å². The standard InChI is InChI=1S/C24H27NO7/c1-12-9-14(15-4-3-13-7-8-25(2)24(31)17(13)10-15)5-6-16(12)19(27)23-22(30)21(29)20(28)18(11-26)32-23/h3-10,18-23,26-30H,11H2,1-2H3/t18-,19-,20-,21?,22?,23-/m1/s1. The lowest BCUT2D eigenvalue weighted by molar-refractivity contribution is -0.250. The normalized spacial score (nSPS) is 26.9. The van der Waals surface area contributed by atoms with Crippen LogP contribution in [0.3, 0.4) is 0 Å². The van der Waals surface area contributed by atoms with Crippen LogP contribution < -0.4 is 5.56 Å². The van der Waals surface area contributed by atoms with Crippen LogP contribution >= 0.6 is 0 Å². The van der Waals surface area contributed by atoms with Crippen LogP contribution in [0.15, 0.2) is 53.5 Å². The van der Waals surface area contributed by atoms with Crippen LogP contribution in [0.1, 0.15) is 17.2 Å². The Morgan fingerprint density at radius 2 is 1.69 bits per heavy atom. The van der Waals surface area contributed by atoms with Gasteiger partial charge in [0.2, 0.25) is 0 Å². The molecule has 1 aliphatic heterocycles. The van der Waals surface area contributed by atoms with Crippen LogP contribution in [0.2, 0.25) is 0 Å². The van der Waals surface area contributed by atoms with E-state index in [0.29, 0.717) is 16.5 Å². The number of aryl methyl sites for hydroxylation is 2. The lowest BCUT2D eigenvalue weighted by atomic mass is 9.87. The highest BCUT2D eigenvalue weighted by Crippen LogP contribution is 2.33. The van der Waals surface area contributed by atoms with E-state index in [1.165, 1.54) is 4.57 Å². The van der Waals surface area contributed by atoms with Gasteiger partial charge in [0.05, 0.1) is 6.61 Å². The first-order valence-electron chi connectivity index (χ1n) is 10.4. The van der Waals surface area contributed by atoms with Gasteiger partial charge in [0, 0.05) is 18.6 Å². The Labute approximate surface area is 184 Å². The van der Waals surface area contributed by atoms with Crippen LogP contribution in [-0.4, -0.2) is 67.2 Å². The predicted molar refractivity (Wildman–Crippen MR) is 118 cm³/mol. The lowest BCUT2D eigenvalue weighted by Crippen LogP contribution is -2.59. The Morgan fingerprint density at radius 3 is 2.38 bits per heavy atom. The van der Waals surface area contributed by atoms with E-state index in [1.54, 1.807) is 32.3 Å². The number of aliphatic hydroxyl groups excluding tert-OH is 5. The molecule has 2 aromatic carbocycles. The van der Waals surface area contributed by atoms with Crippen molar-refractivity contribution in [1.82, 2.24) is 4.57 Å². The van der Waals surface area contributed by atoms with E-state index in [4.69, 9.17) is 4.74 Å². The van der Waals surface area contributed by atoms with E-state index in [2.05, 4.69) is 0 Å². The second-order valence-electron chi connectivity index (χ2n) is 8.34. The molecule has 0 bridgehead atoms. The number of aliphatic hydroxyl groups is 5. The van der Waals surface area contributed by atoms with Crippen LogP contribution in [0, 0.1) is 6.92 Å². The number of aromatic nitrogens is 1. The van der Waals surface area contributed by atoms with Crippen molar-refractivity contribution in [2.45, 2.75) is 43.5 Å². The molecular formula is C24H27NO7. The van der Waals surface area contributed by atoms with Crippen molar-refractivity contribution in [2.24, 2.45) is 7.05 Å². The minimum absolute atomic E-state index is 0.0873. The number of ether oxygens (including phenoxy) is 1. The minimum atomic E-state index is -1.56. The third-order valence-electron chi connectivity index (χ3n) is 6.24. The number of fused-ring (bicyclic) bond motifs is 1. The van der Waals surface area contributed by atoms with Gasteiger partial charge in [-0.15, -0.1) is 0 Å². The summed E-state index contributed by atoms with van der Waals surface area (Å²) < 4.78 is 7.02. The van der Waals surface area contributed by atoms with Crippen molar-refractivity contribution in [2.75, 3.05) is 6.61 Å². The molecule has 2 unspecified atom stereocenters. The van der Waals surface area contributed by atoms with Gasteiger partial charge in [-0.25, -0.2) is 0 Å². The van der Waals surface area contributed by atoms with E-state index >= 15 is 0 Å². The summed E-state index contributed by atoms with van der Waals surface area (Å²) in [6.45, 7) is 1.24. The molecule has 1 saturated heterocycles. The van der Waals surface area contributed by atoms with Gasteiger partial charge in [-0.1, -0.05) is 30.3 Å². The minimum Gasteiger partial charge on any atom is -0.394 e. The first kappa shape index (κ1) is 22.6. The fourth-order valence-electron chi connectivity index (χ4n) is 4.27. The molecule has 0 aliphatic carbocycles. The van der Waals surface area contributed by atoms with Gasteiger partial charge in [-0.3, -0.25) is 4.79 Å². The molecule has 1 aliphatic rings. The number of pyridine rings is 1. The summed E-state index contributed by atoms with van der Waals surface area (Å²) in [5, 5.41) is 52.0. The lowest BCUT2D eigenvalue weighted by Gasteiger charge is -2.42. The first-order chi connectivity index (χ1) is 15.2. The van der Waals surface area contributed by atoms with Gasteiger partial charge in [0.25, 0.3) is 5.56 Å². The summed E-state index contributed by atoms with van der Waals surface area (Å²) in [5.74, 6) is 0. The number of nitrogens with zero attached hydrogens (tertiary/aromatic N) is 1. The van der Waals surface area contributed by atoms with Crippen molar-refractivity contribution in [3.8, 4) is 11.1 Å². The zero-order valence-electron chi connectivity index (χ0n) is 17.8. The molecule has 2 heterocycles. The van der Waals surface area contributed by atoms with E-state index < -0.39 is 43.2 Å². The number of rotatable bonds is 4. The number of hydrogen-bond acceptors (Lipinski definition) is 7. The van der Waals surface area contributed by atoms with Crippen molar-refractivity contribution in [1.29, 1.82) is 0 Å². The summed E-state index contributed by atoms with van der Waals surface area (Å²) >= 11 is 0. The van der Waals surface area contributed by atoms with E-state index in [0.717, 1.165) is 16.5 Å². The molecular weight excluding hydrogens is 414 g/mol. The maximum atomic E-state index is 12.5. The molecule has 1 fully saturated rings. The predicted octanol–water partition coefficient (Wildman–Crippen LogP) is 0.390. The molecule has 170 valence electrons. The van der Waals surface area contributed by atoms with Gasteiger partial charge in [0.1, 0.15) is 36.6 Å². The van der Waals surface area contributed by atoms with E-state index in [1.807, 2.05) is 30.3 Å². The number of benzene rings is 2. The van der Waals surface area contributed by atoms with Crippen LogP contribution in [0.5, 0.6) is 0 Å². The third kappa shape index (κ3) is 3.86. The maximum Gasteiger partial charge on any atom is 0.258 e. The zero-order chi connectivity index (χ0) is 23.2. The van der Waals surface area contributed by atoms with Crippen LogP contribution in [-0.2, 0) is 11.8 Å². The largest absolute Gasteiger partial charge is 0.394 e. The van der Waals surface area contributed by atoms with Crippen LogP contribution in [0.25, 0.3) is 21.9 Å². The molecule has 8 nitrogen and oxygen atoms in total. The number of hydrogen-bond donors (Lipinski definition) is 5. The topological polar surface area (TPSA) is 132 Å². The molecule has 6 atom stereocenters. The first-order valence-corrected chi connectivity index (χ1v) is 10.4. The summed E-state index contributed by atoms with van der Waals surface area (Å²) in [5.41, 5.74) is 2.80. The van der Waals surface area contributed by atoms with Gasteiger partial charge in [0.15, 0.2) is 0 Å². The second kappa shape index (κ2) is 8.74. The summed E-state index contributed by atoms with van der Waals surface area (Å²) in [6.07, 6.45) is -6.45. The van der Waals surface area contributed by atoms with Gasteiger partial charge in [-0.05, 0) is 46.7 Å². The SMILES string of the molecule is Cc1cc(-c2ccc3ccn(C)c(=O)c3c2)ccc1[C@@H](O)[C@H]1O[C@H](CO)[C@@H](O)C(O)C1O. The Bertz CT molecular complexity index is 1190. The molecule has 8 heteroatoms. The molecule has 0 spiro atoms. The highest BCUT2D eigenvalue weighted by Gasteiger charge is 2.46. The monoisotopic (exact) mass is 441 g/mol. The van der Waals surface area contributed by atoms with Crippen molar-refractivity contribution >= 4 is 10.8 Å². The third-order valence-corrected chi connectivity index (χ3v) is 6.24. The fourth-order valence-corrected chi connectivity index (χ4v) is 4.27. The molecule has 1 aromatic heterocycles. The zero-order valence-corrected chi connectivity index (χ0v) is 17.8. The molecule has 3 aromatic rings. The molecule has 0 saturated carbocycles. The molecule has 0 amide bonds. The summed E-state index contributed by atoms with van der Waals surface area (Å²) in [6, 6.07) is 12.9. The highest BCUT2D eigenvalue weighted by molar-refractivity contribution is 5.86. The average molecular weight is 441 g/mol. The molecule has 4 rings (SSSR count). The summed E-state index contributed by atoms with van der Waals surface area (Å²) in [4.78, 5) is 12.5. The Morgan fingerprint density at radius 1 is 1.00 bits per heavy atom. The van der Waals surface area contributed by atoms with Crippen molar-refractivity contribution in [3.05, 3.63) is 70.1 Å². The smallest absolute Gasteiger partial charge is 0.258 e. The van der Waals surface area contributed by atoms with Crippen molar-refractivity contribution < 1.29 is 30.3 Å². The fraction of sp³-hybridized carbons (Fsp3) is 0.375. The Balaban J connectivity index is 1.66. The molecule has 0 radical (unpaired) electrons. The Hall–Kier alpha value is -2.59. The average Bonchev–Trinajstić information content (AvgIpc) is 2.79. The molecule has 32 heavy (non-hydrogen) atoms. The quantitative estimate of drug-likeness (QED) is 0.396.